The third-order valence-electron chi connectivity index (χ3n) is 4.16. The van der Waals surface area contributed by atoms with Crippen molar-refractivity contribution >= 4 is 5.91 Å². The molecule has 5 heteroatoms. The van der Waals surface area contributed by atoms with Crippen molar-refractivity contribution in [3.8, 4) is 11.5 Å². The minimum absolute atomic E-state index is 0.0945. The molecule has 25 heavy (non-hydrogen) atoms. The molecule has 2 aromatic carbocycles. The number of aryl methyl sites for hydroxylation is 1. The van der Waals surface area contributed by atoms with Gasteiger partial charge in [-0.1, -0.05) is 29.8 Å². The topological polar surface area (TPSA) is 50.8 Å². The van der Waals surface area contributed by atoms with E-state index in [1.807, 2.05) is 14.1 Å². The molecule has 0 aromatic heterocycles. The van der Waals surface area contributed by atoms with E-state index in [4.69, 9.17) is 9.47 Å². The Morgan fingerprint density at radius 2 is 1.60 bits per heavy atom. The van der Waals surface area contributed by atoms with Crippen molar-refractivity contribution < 1.29 is 14.3 Å². The minimum atomic E-state index is -0.156. The van der Waals surface area contributed by atoms with E-state index in [9.17, 15) is 4.79 Å². The summed E-state index contributed by atoms with van der Waals surface area (Å²) in [5, 5.41) is 3.00. The molecular formula is C20H26N2O3. The van der Waals surface area contributed by atoms with Gasteiger partial charge in [-0.2, -0.15) is 0 Å². The third kappa shape index (κ3) is 4.97. The SMILES string of the molecule is COc1cc(OC)cc(C(=O)NCC(c2ccc(C)cc2)N(C)C)c1. The van der Waals surface area contributed by atoms with Crippen LogP contribution in [0.4, 0.5) is 0 Å². The summed E-state index contributed by atoms with van der Waals surface area (Å²) in [6.45, 7) is 2.57. The Morgan fingerprint density at radius 3 is 2.08 bits per heavy atom. The molecule has 5 nitrogen and oxygen atoms in total. The average Bonchev–Trinajstić information content (AvgIpc) is 2.62. The number of hydrogen-bond acceptors (Lipinski definition) is 4. The van der Waals surface area contributed by atoms with E-state index >= 15 is 0 Å². The molecule has 1 atom stereocenters. The number of rotatable bonds is 7. The van der Waals surface area contributed by atoms with Gasteiger partial charge < -0.3 is 19.7 Å². The van der Waals surface area contributed by atoms with Crippen LogP contribution in [0.25, 0.3) is 0 Å². The molecule has 2 rings (SSSR count). The molecule has 0 fully saturated rings. The Kier molecular flexibility index (Phi) is 6.42. The summed E-state index contributed by atoms with van der Waals surface area (Å²) in [5.74, 6) is 1.02. The molecule has 0 saturated heterocycles. The maximum atomic E-state index is 12.6. The summed E-state index contributed by atoms with van der Waals surface area (Å²) in [5.41, 5.74) is 2.89. The van der Waals surface area contributed by atoms with E-state index in [1.54, 1.807) is 32.4 Å². The molecule has 0 aliphatic rings. The Balaban J connectivity index is 2.12. The molecule has 0 heterocycles. The molecule has 0 aliphatic carbocycles. The molecule has 0 saturated carbocycles. The van der Waals surface area contributed by atoms with Crippen LogP contribution in [0.5, 0.6) is 11.5 Å². The normalized spacial score (nSPS) is 11.9. The van der Waals surface area contributed by atoms with Crippen LogP contribution in [0.15, 0.2) is 42.5 Å². The number of nitrogens with zero attached hydrogens (tertiary/aromatic N) is 1. The Bertz CT molecular complexity index is 689. The Morgan fingerprint density at radius 1 is 1.04 bits per heavy atom. The molecular weight excluding hydrogens is 316 g/mol. The summed E-state index contributed by atoms with van der Waals surface area (Å²) in [4.78, 5) is 14.6. The molecule has 1 amide bonds. The number of amides is 1. The second kappa shape index (κ2) is 8.53. The predicted molar refractivity (Wildman–Crippen MR) is 99.5 cm³/mol. The Labute approximate surface area is 149 Å². The molecule has 134 valence electrons. The largest absolute Gasteiger partial charge is 0.497 e. The van der Waals surface area contributed by atoms with Crippen LogP contribution in [0, 0.1) is 6.92 Å². The van der Waals surface area contributed by atoms with E-state index in [1.165, 1.54) is 11.1 Å². The van der Waals surface area contributed by atoms with Crippen LogP contribution in [-0.2, 0) is 0 Å². The maximum Gasteiger partial charge on any atom is 0.251 e. The van der Waals surface area contributed by atoms with Gasteiger partial charge in [-0.15, -0.1) is 0 Å². The van der Waals surface area contributed by atoms with E-state index in [0.29, 0.717) is 23.6 Å². The van der Waals surface area contributed by atoms with Crippen LogP contribution in [0.2, 0.25) is 0 Å². The highest BCUT2D eigenvalue weighted by atomic mass is 16.5. The third-order valence-corrected chi connectivity index (χ3v) is 4.16. The maximum absolute atomic E-state index is 12.6. The van der Waals surface area contributed by atoms with Crippen LogP contribution >= 0.6 is 0 Å². The zero-order valence-electron chi connectivity index (χ0n) is 15.5. The van der Waals surface area contributed by atoms with Crippen LogP contribution in [0.3, 0.4) is 0 Å². The first-order chi connectivity index (χ1) is 11.9. The second-order valence-corrected chi connectivity index (χ2v) is 6.20. The second-order valence-electron chi connectivity index (χ2n) is 6.20. The number of carbonyl (C=O) groups excluding carboxylic acids is 1. The fourth-order valence-electron chi connectivity index (χ4n) is 2.62. The standard InChI is InChI=1S/C20H26N2O3/c1-14-6-8-15(9-7-14)19(22(2)3)13-21-20(23)16-10-17(24-4)12-18(11-16)25-5/h6-12,19H,13H2,1-5H3,(H,21,23). The van der Waals surface area contributed by atoms with Gasteiger partial charge in [-0.05, 0) is 38.7 Å². The zero-order chi connectivity index (χ0) is 18.4. The summed E-state index contributed by atoms with van der Waals surface area (Å²) < 4.78 is 10.4. The van der Waals surface area contributed by atoms with Gasteiger partial charge in [0.2, 0.25) is 0 Å². The molecule has 0 spiro atoms. The van der Waals surface area contributed by atoms with Crippen molar-refractivity contribution in [2.75, 3.05) is 34.9 Å². The number of benzene rings is 2. The van der Waals surface area contributed by atoms with Crippen molar-refractivity contribution in [1.82, 2.24) is 10.2 Å². The van der Waals surface area contributed by atoms with Gasteiger partial charge in [-0.25, -0.2) is 0 Å². The van der Waals surface area contributed by atoms with Gasteiger partial charge in [0.25, 0.3) is 5.91 Å². The Hall–Kier alpha value is -2.53. The molecule has 0 radical (unpaired) electrons. The van der Waals surface area contributed by atoms with Gasteiger partial charge in [0, 0.05) is 18.2 Å². The number of carbonyl (C=O) groups is 1. The fourth-order valence-corrected chi connectivity index (χ4v) is 2.62. The number of ether oxygens (including phenoxy) is 2. The molecule has 0 aliphatic heterocycles. The lowest BCUT2D eigenvalue weighted by Crippen LogP contribution is -2.34. The highest BCUT2D eigenvalue weighted by Crippen LogP contribution is 2.23. The van der Waals surface area contributed by atoms with Gasteiger partial charge in [0.05, 0.1) is 20.3 Å². The van der Waals surface area contributed by atoms with Crippen molar-refractivity contribution in [3.63, 3.8) is 0 Å². The van der Waals surface area contributed by atoms with Crippen molar-refractivity contribution in [2.45, 2.75) is 13.0 Å². The quantitative estimate of drug-likeness (QED) is 0.840. The lowest BCUT2D eigenvalue weighted by atomic mass is 10.0. The molecule has 2 aromatic rings. The minimum Gasteiger partial charge on any atom is -0.497 e. The first kappa shape index (κ1) is 18.8. The van der Waals surface area contributed by atoms with E-state index < -0.39 is 0 Å². The number of likely N-dealkylation sites (N-methyl/N-ethyl adjacent to an activating group) is 1. The predicted octanol–water partition coefficient (Wildman–Crippen LogP) is 3.04. The summed E-state index contributed by atoms with van der Waals surface area (Å²) >= 11 is 0. The van der Waals surface area contributed by atoms with Crippen LogP contribution < -0.4 is 14.8 Å². The highest BCUT2D eigenvalue weighted by Gasteiger charge is 2.16. The van der Waals surface area contributed by atoms with Gasteiger partial charge in [0.15, 0.2) is 0 Å². The monoisotopic (exact) mass is 342 g/mol. The first-order valence-electron chi connectivity index (χ1n) is 8.19. The van der Waals surface area contributed by atoms with Gasteiger partial charge in [-0.3, -0.25) is 4.79 Å². The van der Waals surface area contributed by atoms with Crippen molar-refractivity contribution in [3.05, 3.63) is 59.2 Å². The molecule has 0 bridgehead atoms. The van der Waals surface area contributed by atoms with E-state index in [0.717, 1.165) is 0 Å². The highest BCUT2D eigenvalue weighted by molar-refractivity contribution is 5.95. The number of methoxy groups -OCH3 is 2. The fraction of sp³-hybridized carbons (Fsp3) is 0.350. The van der Waals surface area contributed by atoms with E-state index in [-0.39, 0.29) is 11.9 Å². The van der Waals surface area contributed by atoms with E-state index in [2.05, 4.69) is 41.4 Å². The molecule has 1 unspecified atom stereocenters. The smallest absolute Gasteiger partial charge is 0.251 e. The average molecular weight is 342 g/mol. The summed E-state index contributed by atoms with van der Waals surface area (Å²) in [6.07, 6.45) is 0. The van der Waals surface area contributed by atoms with Crippen LogP contribution in [0.1, 0.15) is 27.5 Å². The summed E-state index contributed by atoms with van der Waals surface area (Å²) in [6, 6.07) is 13.6. The van der Waals surface area contributed by atoms with Crippen LogP contribution in [-0.4, -0.2) is 45.7 Å². The number of nitrogens with one attached hydrogen (secondary N) is 1. The molecule has 1 N–H and O–H groups in total. The first-order valence-corrected chi connectivity index (χ1v) is 8.19. The number of hydrogen-bond donors (Lipinski definition) is 1. The van der Waals surface area contributed by atoms with Gasteiger partial charge >= 0.3 is 0 Å². The van der Waals surface area contributed by atoms with Crippen molar-refractivity contribution in [1.29, 1.82) is 0 Å². The van der Waals surface area contributed by atoms with Crippen molar-refractivity contribution in [2.24, 2.45) is 0 Å². The lowest BCUT2D eigenvalue weighted by Gasteiger charge is -2.25. The van der Waals surface area contributed by atoms with Gasteiger partial charge in [0.1, 0.15) is 11.5 Å². The zero-order valence-corrected chi connectivity index (χ0v) is 15.5. The summed E-state index contributed by atoms with van der Waals surface area (Å²) in [7, 11) is 7.14. The lowest BCUT2D eigenvalue weighted by molar-refractivity contribution is 0.0941.